The summed E-state index contributed by atoms with van der Waals surface area (Å²) in [5, 5.41) is 0. The molecule has 2 heteroatoms. The van der Waals surface area contributed by atoms with Crippen LogP contribution in [0.2, 0.25) is 0 Å². The predicted octanol–water partition coefficient (Wildman–Crippen LogP) is 10.8. The van der Waals surface area contributed by atoms with Crippen LogP contribution in [0.25, 0.3) is 22.3 Å². The molecule has 0 heterocycles. The van der Waals surface area contributed by atoms with Crippen molar-refractivity contribution in [3.8, 4) is 28.0 Å². The van der Waals surface area contributed by atoms with Crippen LogP contribution in [-0.2, 0) is 0 Å². The molecule has 0 bridgehead atoms. The summed E-state index contributed by atoms with van der Waals surface area (Å²) in [5.74, 6) is 2.38. The lowest BCUT2D eigenvalue weighted by atomic mass is 9.75. The van der Waals surface area contributed by atoms with E-state index in [0.29, 0.717) is 5.92 Å². The van der Waals surface area contributed by atoms with Crippen LogP contribution in [0.3, 0.4) is 0 Å². The van der Waals surface area contributed by atoms with Crippen LogP contribution in [0.15, 0.2) is 72.8 Å². The molecule has 0 unspecified atom stereocenters. The number of benzene rings is 3. The van der Waals surface area contributed by atoms with Crippen molar-refractivity contribution in [1.82, 2.24) is 0 Å². The van der Waals surface area contributed by atoms with Crippen molar-refractivity contribution in [3.05, 3.63) is 78.4 Å². The molecular formula is C35H45FO. The Kier molecular flexibility index (Phi) is 11.1. The molecule has 1 aliphatic carbocycles. The first-order chi connectivity index (χ1) is 18.3. The molecule has 0 saturated heterocycles. The summed E-state index contributed by atoms with van der Waals surface area (Å²) in [6.45, 7) is 2.88. The second-order valence-electron chi connectivity index (χ2n) is 10.9. The van der Waals surface area contributed by atoms with E-state index in [9.17, 15) is 4.39 Å². The highest BCUT2D eigenvalue weighted by atomic mass is 19.1. The molecule has 0 atom stereocenters. The lowest BCUT2D eigenvalue weighted by molar-refractivity contribution is 0.298. The van der Waals surface area contributed by atoms with Crippen molar-refractivity contribution in [2.45, 2.75) is 89.9 Å². The maximum absolute atomic E-state index is 12.4. The van der Waals surface area contributed by atoms with Crippen LogP contribution in [0.4, 0.5) is 4.39 Å². The molecule has 1 nitrogen and oxygen atoms in total. The first-order valence-electron chi connectivity index (χ1n) is 14.8. The summed E-state index contributed by atoms with van der Waals surface area (Å²) >= 11 is 0. The lowest BCUT2D eigenvalue weighted by Crippen LogP contribution is -2.14. The van der Waals surface area contributed by atoms with E-state index in [1.807, 2.05) is 0 Å². The minimum absolute atomic E-state index is 0.166. The van der Waals surface area contributed by atoms with Crippen LogP contribution in [0.5, 0.6) is 5.75 Å². The third kappa shape index (κ3) is 8.19. The fourth-order valence-electron chi connectivity index (χ4n) is 5.89. The van der Waals surface area contributed by atoms with Crippen molar-refractivity contribution < 1.29 is 9.13 Å². The zero-order chi connectivity index (χ0) is 25.7. The second-order valence-corrected chi connectivity index (χ2v) is 10.9. The Balaban J connectivity index is 1.34. The Bertz CT molecular complexity index is 1030. The summed E-state index contributed by atoms with van der Waals surface area (Å²) in [4.78, 5) is 0. The van der Waals surface area contributed by atoms with Crippen molar-refractivity contribution in [3.63, 3.8) is 0 Å². The van der Waals surface area contributed by atoms with Crippen LogP contribution in [0, 0.1) is 5.92 Å². The van der Waals surface area contributed by atoms with E-state index in [-0.39, 0.29) is 6.67 Å². The van der Waals surface area contributed by atoms with Gasteiger partial charge >= 0.3 is 0 Å². The molecule has 1 fully saturated rings. The smallest absolute Gasteiger partial charge is 0.119 e. The van der Waals surface area contributed by atoms with Gasteiger partial charge in [0.2, 0.25) is 0 Å². The van der Waals surface area contributed by atoms with Gasteiger partial charge in [-0.25, -0.2) is 0 Å². The van der Waals surface area contributed by atoms with Gasteiger partial charge in [-0.05, 0) is 90.3 Å². The average molecular weight is 501 g/mol. The Morgan fingerprint density at radius 3 is 2.03 bits per heavy atom. The zero-order valence-electron chi connectivity index (χ0n) is 22.8. The van der Waals surface area contributed by atoms with Gasteiger partial charge in [0.25, 0.3) is 0 Å². The molecule has 0 aliphatic heterocycles. The molecule has 198 valence electrons. The summed E-state index contributed by atoms with van der Waals surface area (Å²) < 4.78 is 18.4. The van der Waals surface area contributed by atoms with E-state index >= 15 is 0 Å². The summed E-state index contributed by atoms with van der Waals surface area (Å²) in [6, 6.07) is 26.5. The van der Waals surface area contributed by atoms with Crippen LogP contribution in [0.1, 0.15) is 95.5 Å². The fourth-order valence-corrected chi connectivity index (χ4v) is 5.89. The Hall–Kier alpha value is -2.61. The molecule has 3 aromatic rings. The highest BCUT2D eigenvalue weighted by Crippen LogP contribution is 2.41. The van der Waals surface area contributed by atoms with Crippen LogP contribution < -0.4 is 4.74 Å². The Labute approximate surface area is 224 Å². The third-order valence-electron chi connectivity index (χ3n) is 8.14. The number of hydrogen-bond donors (Lipinski definition) is 0. The number of rotatable bonds is 14. The fraction of sp³-hybridized carbons (Fsp3) is 0.486. The molecule has 0 radical (unpaired) electrons. The minimum Gasteiger partial charge on any atom is -0.494 e. The van der Waals surface area contributed by atoms with E-state index in [1.54, 1.807) is 0 Å². The number of halogens is 1. The predicted molar refractivity (Wildman–Crippen MR) is 156 cm³/mol. The van der Waals surface area contributed by atoms with E-state index < -0.39 is 0 Å². The van der Waals surface area contributed by atoms with Crippen molar-refractivity contribution in [2.75, 3.05) is 13.3 Å². The first-order valence-corrected chi connectivity index (χ1v) is 14.8. The van der Waals surface area contributed by atoms with Crippen LogP contribution >= 0.6 is 0 Å². The molecule has 37 heavy (non-hydrogen) atoms. The highest BCUT2D eigenvalue weighted by molar-refractivity contribution is 5.73. The highest BCUT2D eigenvalue weighted by Gasteiger charge is 2.24. The summed E-state index contributed by atoms with van der Waals surface area (Å²) in [5.41, 5.74) is 6.63. The standard InChI is InChI=1S/C35H45FO/c1-2-3-4-5-10-27-37-33-24-22-30(23-25-33)29-18-20-32(21-19-29)35-13-7-6-12-34(35)31-16-14-28(15-17-31)11-8-9-26-36/h6-7,12-13,18-25,28,31H,2-5,8-11,14-17,26-27H2,1H3. The van der Waals surface area contributed by atoms with E-state index in [2.05, 4.69) is 79.7 Å². The Morgan fingerprint density at radius 1 is 0.676 bits per heavy atom. The summed E-state index contributed by atoms with van der Waals surface area (Å²) in [7, 11) is 0. The largest absolute Gasteiger partial charge is 0.494 e. The maximum atomic E-state index is 12.4. The lowest BCUT2D eigenvalue weighted by Gasteiger charge is -2.30. The minimum atomic E-state index is -0.166. The van der Waals surface area contributed by atoms with Gasteiger partial charge < -0.3 is 4.74 Å². The monoisotopic (exact) mass is 500 g/mol. The van der Waals surface area contributed by atoms with E-state index in [0.717, 1.165) is 37.5 Å². The second kappa shape index (κ2) is 15.0. The number of ether oxygens (including phenoxy) is 1. The van der Waals surface area contributed by atoms with E-state index in [4.69, 9.17) is 4.74 Å². The molecule has 1 saturated carbocycles. The van der Waals surface area contributed by atoms with Crippen molar-refractivity contribution in [1.29, 1.82) is 0 Å². The van der Waals surface area contributed by atoms with Crippen LogP contribution in [-0.4, -0.2) is 13.3 Å². The van der Waals surface area contributed by atoms with Gasteiger partial charge in [-0.3, -0.25) is 4.39 Å². The molecule has 0 aromatic heterocycles. The van der Waals surface area contributed by atoms with Crippen molar-refractivity contribution in [2.24, 2.45) is 5.92 Å². The van der Waals surface area contributed by atoms with Crippen molar-refractivity contribution >= 4 is 0 Å². The summed E-state index contributed by atoms with van der Waals surface area (Å²) in [6.07, 6.45) is 14.3. The zero-order valence-corrected chi connectivity index (χ0v) is 22.8. The molecule has 0 N–H and O–H groups in total. The van der Waals surface area contributed by atoms with Gasteiger partial charge in [0, 0.05) is 0 Å². The van der Waals surface area contributed by atoms with Gasteiger partial charge in [-0.1, -0.05) is 106 Å². The van der Waals surface area contributed by atoms with Gasteiger partial charge in [-0.2, -0.15) is 0 Å². The number of alkyl halides is 1. The Morgan fingerprint density at radius 2 is 1.32 bits per heavy atom. The average Bonchev–Trinajstić information content (AvgIpc) is 2.96. The van der Waals surface area contributed by atoms with Gasteiger partial charge in [0.05, 0.1) is 13.3 Å². The SMILES string of the molecule is CCCCCCCOc1ccc(-c2ccc(-c3ccccc3C3CCC(CCCCF)CC3)cc2)cc1. The maximum Gasteiger partial charge on any atom is 0.119 e. The third-order valence-corrected chi connectivity index (χ3v) is 8.14. The first kappa shape index (κ1) is 27.4. The molecule has 4 rings (SSSR count). The molecule has 3 aromatic carbocycles. The van der Waals surface area contributed by atoms with Gasteiger partial charge in [-0.15, -0.1) is 0 Å². The van der Waals surface area contributed by atoms with E-state index in [1.165, 1.54) is 85.6 Å². The topological polar surface area (TPSA) is 9.23 Å². The molecular weight excluding hydrogens is 455 g/mol. The number of hydrogen-bond acceptors (Lipinski definition) is 1. The normalized spacial score (nSPS) is 17.6. The van der Waals surface area contributed by atoms with Gasteiger partial charge in [0.15, 0.2) is 0 Å². The quantitative estimate of drug-likeness (QED) is 0.200. The molecule has 1 aliphatic rings. The number of unbranched alkanes of at least 4 members (excludes halogenated alkanes) is 5. The molecule has 0 amide bonds. The molecule has 0 spiro atoms. The van der Waals surface area contributed by atoms with Gasteiger partial charge in [0.1, 0.15) is 5.75 Å².